The summed E-state index contributed by atoms with van der Waals surface area (Å²) in [5.74, 6) is 0.701. The number of aliphatic imine (C=N–C) groups is 1. The second-order valence-electron chi connectivity index (χ2n) is 4.76. The smallest absolute Gasteiger partial charge is 0.191 e. The molecule has 1 aromatic carbocycles. The Morgan fingerprint density at radius 3 is 2.64 bits per heavy atom. The molecule has 0 heterocycles. The lowest BCUT2D eigenvalue weighted by molar-refractivity contribution is 0.145. The van der Waals surface area contributed by atoms with Gasteiger partial charge in [0.2, 0.25) is 0 Å². The number of halogens is 1. The molecule has 124 valence electrons. The van der Waals surface area contributed by atoms with Crippen LogP contribution < -0.4 is 10.6 Å². The van der Waals surface area contributed by atoms with Gasteiger partial charge in [-0.15, -0.1) is 0 Å². The van der Waals surface area contributed by atoms with Crippen molar-refractivity contribution in [2.45, 2.75) is 26.4 Å². The van der Waals surface area contributed by atoms with Gasteiger partial charge >= 0.3 is 0 Å². The van der Waals surface area contributed by atoms with Crippen LogP contribution in [0.3, 0.4) is 0 Å². The van der Waals surface area contributed by atoms with Gasteiger partial charge in [-0.05, 0) is 38.0 Å². The summed E-state index contributed by atoms with van der Waals surface area (Å²) in [6.07, 6.45) is 0.272. The third-order valence-corrected chi connectivity index (χ3v) is 3.24. The molecular formula is C16H26ClN3O2. The first-order valence-corrected chi connectivity index (χ1v) is 8.08. The molecule has 0 radical (unpaired) electrons. The highest BCUT2D eigenvalue weighted by Crippen LogP contribution is 2.16. The van der Waals surface area contributed by atoms with Gasteiger partial charge in [0.15, 0.2) is 5.96 Å². The SMILES string of the molecule is CCNC(=NCC(O)c1ccc(Cl)cc1)NCCCOCC. The highest BCUT2D eigenvalue weighted by Gasteiger charge is 2.07. The van der Waals surface area contributed by atoms with Crippen molar-refractivity contribution in [1.82, 2.24) is 10.6 Å². The van der Waals surface area contributed by atoms with Crippen LogP contribution in [0.4, 0.5) is 0 Å². The third-order valence-electron chi connectivity index (χ3n) is 2.98. The van der Waals surface area contributed by atoms with E-state index in [1.54, 1.807) is 12.1 Å². The highest BCUT2D eigenvalue weighted by atomic mass is 35.5. The fraction of sp³-hybridized carbons (Fsp3) is 0.562. The topological polar surface area (TPSA) is 65.9 Å². The van der Waals surface area contributed by atoms with Crippen LogP contribution in [0.5, 0.6) is 0 Å². The standard InChI is InChI=1S/C16H26ClN3O2/c1-3-18-16(19-10-5-11-22-4-2)20-12-15(21)13-6-8-14(17)9-7-13/h6-9,15,21H,3-5,10-12H2,1-2H3,(H2,18,19,20). The minimum Gasteiger partial charge on any atom is -0.386 e. The molecule has 5 nitrogen and oxygen atoms in total. The number of aliphatic hydroxyl groups is 1. The zero-order valence-corrected chi connectivity index (χ0v) is 14.1. The quantitative estimate of drug-likeness (QED) is 0.370. The number of nitrogens with zero attached hydrogens (tertiary/aromatic N) is 1. The summed E-state index contributed by atoms with van der Waals surface area (Å²) in [5.41, 5.74) is 0.806. The van der Waals surface area contributed by atoms with Crippen molar-refractivity contribution in [3.8, 4) is 0 Å². The number of hydrogen-bond donors (Lipinski definition) is 3. The molecule has 0 saturated heterocycles. The van der Waals surface area contributed by atoms with E-state index in [0.29, 0.717) is 17.5 Å². The summed E-state index contributed by atoms with van der Waals surface area (Å²) in [5, 5.41) is 17.2. The first-order valence-electron chi connectivity index (χ1n) is 7.70. The highest BCUT2D eigenvalue weighted by molar-refractivity contribution is 6.30. The molecule has 0 aliphatic rings. The van der Waals surface area contributed by atoms with Crippen LogP contribution in [0.1, 0.15) is 31.9 Å². The number of guanidine groups is 1. The van der Waals surface area contributed by atoms with E-state index in [1.807, 2.05) is 26.0 Å². The Labute approximate surface area is 137 Å². The van der Waals surface area contributed by atoms with Crippen molar-refractivity contribution < 1.29 is 9.84 Å². The molecule has 0 fully saturated rings. The van der Waals surface area contributed by atoms with Crippen molar-refractivity contribution in [2.24, 2.45) is 4.99 Å². The fourth-order valence-corrected chi connectivity index (χ4v) is 1.96. The van der Waals surface area contributed by atoms with Crippen LogP contribution in [0.2, 0.25) is 5.02 Å². The Morgan fingerprint density at radius 1 is 1.27 bits per heavy atom. The Morgan fingerprint density at radius 2 is 2.00 bits per heavy atom. The monoisotopic (exact) mass is 327 g/mol. The lowest BCUT2D eigenvalue weighted by Gasteiger charge is -2.13. The first-order chi connectivity index (χ1) is 10.7. The van der Waals surface area contributed by atoms with Crippen LogP contribution in [0.25, 0.3) is 0 Å². The predicted molar refractivity (Wildman–Crippen MR) is 91.5 cm³/mol. The van der Waals surface area contributed by atoms with Gasteiger partial charge in [0.1, 0.15) is 0 Å². The van der Waals surface area contributed by atoms with Crippen LogP contribution in [-0.4, -0.2) is 43.9 Å². The van der Waals surface area contributed by atoms with Crippen LogP contribution >= 0.6 is 11.6 Å². The molecule has 0 aromatic heterocycles. The molecule has 0 amide bonds. The van der Waals surface area contributed by atoms with E-state index in [4.69, 9.17) is 16.3 Å². The molecule has 1 unspecified atom stereocenters. The predicted octanol–water partition coefficient (Wildman–Crippen LogP) is 2.36. The summed E-state index contributed by atoms with van der Waals surface area (Å²) in [7, 11) is 0. The van der Waals surface area contributed by atoms with E-state index < -0.39 is 6.10 Å². The van der Waals surface area contributed by atoms with Crippen LogP contribution in [-0.2, 0) is 4.74 Å². The fourth-order valence-electron chi connectivity index (χ4n) is 1.84. The molecule has 1 rings (SSSR count). The lowest BCUT2D eigenvalue weighted by atomic mass is 10.1. The summed E-state index contributed by atoms with van der Waals surface area (Å²) in [6, 6.07) is 7.15. The average Bonchev–Trinajstić information content (AvgIpc) is 2.52. The number of hydrogen-bond acceptors (Lipinski definition) is 3. The number of aliphatic hydroxyl groups excluding tert-OH is 1. The maximum Gasteiger partial charge on any atom is 0.191 e. The number of benzene rings is 1. The van der Waals surface area contributed by atoms with Gasteiger partial charge in [-0.2, -0.15) is 0 Å². The van der Waals surface area contributed by atoms with Crippen molar-refractivity contribution in [2.75, 3.05) is 32.8 Å². The molecule has 6 heteroatoms. The maximum absolute atomic E-state index is 10.1. The molecule has 1 atom stereocenters. The van der Waals surface area contributed by atoms with Crippen molar-refractivity contribution >= 4 is 17.6 Å². The Balaban J connectivity index is 2.44. The summed E-state index contributed by atoms with van der Waals surface area (Å²) >= 11 is 5.84. The maximum atomic E-state index is 10.1. The van der Waals surface area contributed by atoms with Crippen molar-refractivity contribution in [3.05, 3.63) is 34.9 Å². The molecule has 3 N–H and O–H groups in total. The Bertz CT molecular complexity index is 438. The van der Waals surface area contributed by atoms with E-state index in [-0.39, 0.29) is 0 Å². The van der Waals surface area contributed by atoms with Crippen molar-refractivity contribution in [3.63, 3.8) is 0 Å². The zero-order chi connectivity index (χ0) is 16.2. The number of nitrogens with one attached hydrogen (secondary N) is 2. The van der Waals surface area contributed by atoms with Gasteiger partial charge in [-0.3, -0.25) is 4.99 Å². The van der Waals surface area contributed by atoms with E-state index in [0.717, 1.165) is 38.3 Å². The molecule has 22 heavy (non-hydrogen) atoms. The summed E-state index contributed by atoms with van der Waals surface area (Å²) in [4.78, 5) is 4.40. The van der Waals surface area contributed by atoms with E-state index >= 15 is 0 Å². The van der Waals surface area contributed by atoms with Gasteiger partial charge in [-0.25, -0.2) is 0 Å². The molecule has 0 saturated carbocycles. The van der Waals surface area contributed by atoms with Crippen molar-refractivity contribution in [1.29, 1.82) is 0 Å². The van der Waals surface area contributed by atoms with E-state index in [2.05, 4.69) is 15.6 Å². The second-order valence-corrected chi connectivity index (χ2v) is 5.20. The largest absolute Gasteiger partial charge is 0.386 e. The van der Waals surface area contributed by atoms with Gasteiger partial charge in [0.05, 0.1) is 12.6 Å². The molecule has 0 spiro atoms. The molecule has 0 aliphatic carbocycles. The summed E-state index contributed by atoms with van der Waals surface area (Å²) < 4.78 is 5.29. The number of rotatable bonds is 9. The van der Waals surface area contributed by atoms with E-state index in [1.165, 1.54) is 0 Å². The van der Waals surface area contributed by atoms with Gasteiger partial charge in [-0.1, -0.05) is 23.7 Å². The number of ether oxygens (including phenoxy) is 1. The van der Waals surface area contributed by atoms with Gasteiger partial charge in [0, 0.05) is 31.3 Å². The second kappa shape index (κ2) is 11.3. The van der Waals surface area contributed by atoms with Crippen LogP contribution in [0, 0.1) is 0 Å². The normalized spacial score (nSPS) is 13.0. The molecule has 0 bridgehead atoms. The van der Waals surface area contributed by atoms with E-state index in [9.17, 15) is 5.11 Å². The summed E-state index contributed by atoms with van der Waals surface area (Å²) in [6.45, 7) is 7.31. The zero-order valence-electron chi connectivity index (χ0n) is 13.3. The Hall–Kier alpha value is -1.30. The lowest BCUT2D eigenvalue weighted by Crippen LogP contribution is -2.38. The van der Waals surface area contributed by atoms with Gasteiger partial charge < -0.3 is 20.5 Å². The molecule has 0 aliphatic heterocycles. The van der Waals surface area contributed by atoms with Gasteiger partial charge in [0.25, 0.3) is 0 Å². The Kier molecular flexibility index (Phi) is 9.62. The minimum atomic E-state index is -0.642. The van der Waals surface area contributed by atoms with Crippen LogP contribution in [0.15, 0.2) is 29.3 Å². The first kappa shape index (κ1) is 18.7. The third kappa shape index (κ3) is 7.64. The molecular weight excluding hydrogens is 302 g/mol. The molecule has 1 aromatic rings. The average molecular weight is 328 g/mol. The minimum absolute atomic E-state index is 0.294.